The Balaban J connectivity index is 2.52. The molecular weight excluding hydrogens is 182 g/mol. The molecule has 2 rings (SSSR count). The molecule has 0 aliphatic rings. The van der Waals surface area contributed by atoms with Crippen LogP contribution >= 0.6 is 0 Å². The Morgan fingerprint density at radius 2 is 2.00 bits per heavy atom. The van der Waals surface area contributed by atoms with Gasteiger partial charge in [0.25, 0.3) is 0 Å². The molecule has 2 aromatic heterocycles. The number of pyridine rings is 1. The highest BCUT2D eigenvalue weighted by molar-refractivity contribution is 5.86. The standard InChI is InChI=1S/C9H7N3O2/c13-9(14)8-5-11-6-12(8)7-1-3-10-4-2-7/h1-6H,(H,13,14). The van der Waals surface area contributed by atoms with E-state index in [1.165, 1.54) is 17.1 Å². The second-order valence-electron chi connectivity index (χ2n) is 2.66. The number of imidazole rings is 1. The van der Waals surface area contributed by atoms with Crippen molar-refractivity contribution >= 4 is 5.97 Å². The smallest absolute Gasteiger partial charge is 0.354 e. The van der Waals surface area contributed by atoms with Crippen molar-refractivity contribution < 1.29 is 9.90 Å². The van der Waals surface area contributed by atoms with E-state index >= 15 is 0 Å². The van der Waals surface area contributed by atoms with Crippen LogP contribution in [0, 0.1) is 0 Å². The number of rotatable bonds is 2. The largest absolute Gasteiger partial charge is 0.477 e. The van der Waals surface area contributed by atoms with Gasteiger partial charge < -0.3 is 5.11 Å². The molecule has 0 fully saturated rings. The first-order valence-electron chi connectivity index (χ1n) is 3.95. The van der Waals surface area contributed by atoms with Crippen LogP contribution in [0.15, 0.2) is 37.1 Å². The number of nitrogens with zero attached hydrogens (tertiary/aromatic N) is 3. The molecule has 70 valence electrons. The van der Waals surface area contributed by atoms with Gasteiger partial charge in [-0.2, -0.15) is 0 Å². The quantitative estimate of drug-likeness (QED) is 0.764. The molecule has 0 unspecified atom stereocenters. The summed E-state index contributed by atoms with van der Waals surface area (Å²) in [5.74, 6) is -1.00. The zero-order chi connectivity index (χ0) is 9.97. The number of aromatic nitrogens is 3. The van der Waals surface area contributed by atoms with Crippen LogP contribution in [0.3, 0.4) is 0 Å². The fourth-order valence-electron chi connectivity index (χ4n) is 1.16. The normalized spacial score (nSPS) is 10.0. The van der Waals surface area contributed by atoms with Crippen LogP contribution in [0.4, 0.5) is 0 Å². The zero-order valence-corrected chi connectivity index (χ0v) is 7.16. The summed E-state index contributed by atoms with van der Waals surface area (Å²) in [7, 11) is 0. The van der Waals surface area contributed by atoms with Gasteiger partial charge in [0.05, 0.1) is 18.2 Å². The Kier molecular flexibility index (Phi) is 1.98. The average Bonchev–Trinajstić information content (AvgIpc) is 2.67. The molecule has 0 amide bonds. The molecule has 0 aromatic carbocycles. The minimum Gasteiger partial charge on any atom is -0.477 e. The molecule has 14 heavy (non-hydrogen) atoms. The molecule has 0 saturated heterocycles. The molecule has 0 atom stereocenters. The maximum absolute atomic E-state index is 10.8. The summed E-state index contributed by atoms with van der Waals surface area (Å²) < 4.78 is 1.49. The molecular formula is C9H7N3O2. The summed E-state index contributed by atoms with van der Waals surface area (Å²) in [5, 5.41) is 8.84. The van der Waals surface area contributed by atoms with Gasteiger partial charge in [-0.1, -0.05) is 0 Å². The van der Waals surface area contributed by atoms with Crippen LogP contribution in [0.5, 0.6) is 0 Å². The maximum atomic E-state index is 10.8. The van der Waals surface area contributed by atoms with E-state index in [2.05, 4.69) is 9.97 Å². The van der Waals surface area contributed by atoms with Crippen LogP contribution in [-0.2, 0) is 0 Å². The summed E-state index contributed by atoms with van der Waals surface area (Å²) >= 11 is 0. The number of hydrogen-bond acceptors (Lipinski definition) is 3. The first kappa shape index (κ1) is 8.43. The Labute approximate surface area is 79.7 Å². The highest BCUT2D eigenvalue weighted by atomic mass is 16.4. The molecule has 0 spiro atoms. The van der Waals surface area contributed by atoms with Gasteiger partial charge in [0.1, 0.15) is 0 Å². The summed E-state index contributed by atoms with van der Waals surface area (Å²) in [6, 6.07) is 3.43. The fourth-order valence-corrected chi connectivity index (χ4v) is 1.16. The monoisotopic (exact) mass is 189 g/mol. The molecule has 5 nitrogen and oxygen atoms in total. The van der Waals surface area contributed by atoms with E-state index in [1.54, 1.807) is 24.5 Å². The molecule has 0 saturated carbocycles. The SMILES string of the molecule is O=C(O)c1cncn1-c1ccncc1. The highest BCUT2D eigenvalue weighted by Gasteiger charge is 2.10. The molecule has 0 radical (unpaired) electrons. The fraction of sp³-hybridized carbons (Fsp3) is 0. The van der Waals surface area contributed by atoms with E-state index in [0.29, 0.717) is 0 Å². The lowest BCUT2D eigenvalue weighted by Gasteiger charge is -2.03. The van der Waals surface area contributed by atoms with Crippen molar-refractivity contribution in [1.82, 2.24) is 14.5 Å². The molecule has 0 aliphatic heterocycles. The van der Waals surface area contributed by atoms with Gasteiger partial charge in [-0.05, 0) is 12.1 Å². The minimum absolute atomic E-state index is 0.135. The summed E-state index contributed by atoms with van der Waals surface area (Å²) in [6.45, 7) is 0. The minimum atomic E-state index is -1.00. The van der Waals surface area contributed by atoms with Gasteiger partial charge in [0, 0.05) is 12.4 Å². The van der Waals surface area contributed by atoms with Crippen molar-refractivity contribution in [3.63, 3.8) is 0 Å². The van der Waals surface area contributed by atoms with Crippen molar-refractivity contribution in [3.8, 4) is 5.69 Å². The molecule has 2 heterocycles. The Hall–Kier alpha value is -2.17. The predicted octanol–water partition coefficient (Wildman–Crippen LogP) is 0.965. The Morgan fingerprint density at radius 3 is 2.64 bits per heavy atom. The number of carbonyl (C=O) groups is 1. The molecule has 2 aromatic rings. The maximum Gasteiger partial charge on any atom is 0.354 e. The molecule has 0 bridgehead atoms. The van der Waals surface area contributed by atoms with Crippen LogP contribution < -0.4 is 0 Å². The third kappa shape index (κ3) is 1.35. The number of aromatic carboxylic acids is 1. The third-order valence-electron chi connectivity index (χ3n) is 1.80. The van der Waals surface area contributed by atoms with Crippen LogP contribution in [0.25, 0.3) is 5.69 Å². The number of carboxylic acids is 1. The second-order valence-corrected chi connectivity index (χ2v) is 2.66. The molecule has 1 N–H and O–H groups in total. The van der Waals surface area contributed by atoms with Crippen molar-refractivity contribution in [2.75, 3.05) is 0 Å². The first-order chi connectivity index (χ1) is 6.79. The summed E-state index contributed by atoms with van der Waals surface area (Å²) in [6.07, 6.45) is 5.96. The lowest BCUT2D eigenvalue weighted by atomic mass is 10.4. The second kappa shape index (κ2) is 3.29. The lowest BCUT2D eigenvalue weighted by Crippen LogP contribution is -2.05. The van der Waals surface area contributed by atoms with Crippen molar-refractivity contribution in [2.45, 2.75) is 0 Å². The Bertz CT molecular complexity index is 450. The lowest BCUT2D eigenvalue weighted by molar-refractivity contribution is 0.0688. The third-order valence-corrected chi connectivity index (χ3v) is 1.80. The van der Waals surface area contributed by atoms with E-state index < -0.39 is 5.97 Å². The topological polar surface area (TPSA) is 68.0 Å². The van der Waals surface area contributed by atoms with E-state index in [4.69, 9.17) is 5.11 Å². The number of hydrogen-bond donors (Lipinski definition) is 1. The highest BCUT2D eigenvalue weighted by Crippen LogP contribution is 2.09. The molecule has 5 heteroatoms. The van der Waals surface area contributed by atoms with E-state index in [0.717, 1.165) is 5.69 Å². The van der Waals surface area contributed by atoms with Crippen molar-refractivity contribution in [1.29, 1.82) is 0 Å². The first-order valence-corrected chi connectivity index (χ1v) is 3.95. The zero-order valence-electron chi connectivity index (χ0n) is 7.16. The number of carboxylic acid groups (broad SMARTS) is 1. The Morgan fingerprint density at radius 1 is 1.29 bits per heavy atom. The van der Waals surface area contributed by atoms with E-state index in [9.17, 15) is 4.79 Å². The van der Waals surface area contributed by atoms with E-state index in [1.807, 2.05) is 0 Å². The van der Waals surface area contributed by atoms with Gasteiger partial charge >= 0.3 is 5.97 Å². The van der Waals surface area contributed by atoms with Gasteiger partial charge in [-0.25, -0.2) is 9.78 Å². The van der Waals surface area contributed by atoms with Gasteiger partial charge in [0.2, 0.25) is 0 Å². The summed E-state index contributed by atoms with van der Waals surface area (Å²) in [5.41, 5.74) is 0.867. The average molecular weight is 189 g/mol. The van der Waals surface area contributed by atoms with Gasteiger partial charge in [-0.15, -0.1) is 0 Å². The van der Waals surface area contributed by atoms with Crippen molar-refractivity contribution in [2.24, 2.45) is 0 Å². The molecule has 0 aliphatic carbocycles. The van der Waals surface area contributed by atoms with Gasteiger partial charge in [0.15, 0.2) is 5.69 Å². The van der Waals surface area contributed by atoms with Crippen LogP contribution in [-0.4, -0.2) is 25.6 Å². The van der Waals surface area contributed by atoms with Crippen molar-refractivity contribution in [3.05, 3.63) is 42.7 Å². The van der Waals surface area contributed by atoms with Crippen LogP contribution in [0.2, 0.25) is 0 Å². The van der Waals surface area contributed by atoms with E-state index in [-0.39, 0.29) is 5.69 Å². The predicted molar refractivity (Wildman–Crippen MR) is 48.3 cm³/mol. The van der Waals surface area contributed by atoms with Crippen LogP contribution in [0.1, 0.15) is 10.5 Å². The van der Waals surface area contributed by atoms with Gasteiger partial charge in [-0.3, -0.25) is 9.55 Å². The summed E-state index contributed by atoms with van der Waals surface area (Å²) in [4.78, 5) is 18.4.